The Balaban J connectivity index is 3.18. The van der Waals surface area contributed by atoms with Crippen LogP contribution >= 0.6 is 0 Å². The van der Waals surface area contributed by atoms with Crippen molar-refractivity contribution in [3.05, 3.63) is 29.6 Å². The number of rotatable bonds is 5. The second-order valence-corrected chi connectivity index (χ2v) is 5.63. The molecule has 0 saturated carbocycles. The Bertz CT molecular complexity index is 386. The van der Waals surface area contributed by atoms with Gasteiger partial charge in [-0.3, -0.25) is 0 Å². The molecule has 102 valence electrons. The number of hydrogen-bond acceptors (Lipinski definition) is 2. The highest BCUT2D eigenvalue weighted by molar-refractivity contribution is 5.55. The molecule has 2 nitrogen and oxygen atoms in total. The molecule has 18 heavy (non-hydrogen) atoms. The summed E-state index contributed by atoms with van der Waals surface area (Å²) in [7, 11) is 0. The monoisotopic (exact) mass is 252 g/mol. The van der Waals surface area contributed by atoms with Crippen LogP contribution in [-0.4, -0.2) is 12.6 Å². The Morgan fingerprint density at radius 3 is 2.22 bits per heavy atom. The van der Waals surface area contributed by atoms with Gasteiger partial charge in [0.15, 0.2) is 0 Å². The fourth-order valence-corrected chi connectivity index (χ4v) is 2.13. The number of benzene rings is 1. The first kappa shape index (κ1) is 15.0. The molecule has 1 unspecified atom stereocenters. The number of nitrogens with two attached hydrogens (primary N) is 1. The summed E-state index contributed by atoms with van der Waals surface area (Å²) in [4.78, 5) is 2.29. The van der Waals surface area contributed by atoms with Gasteiger partial charge in [-0.15, -0.1) is 0 Å². The zero-order chi connectivity index (χ0) is 13.9. The van der Waals surface area contributed by atoms with Gasteiger partial charge in [-0.05, 0) is 50.5 Å². The highest BCUT2D eigenvalue weighted by atomic mass is 19.1. The van der Waals surface area contributed by atoms with E-state index in [9.17, 15) is 4.39 Å². The average Bonchev–Trinajstić information content (AvgIpc) is 2.25. The number of halogens is 1. The Hall–Kier alpha value is -1.09. The third-order valence-electron chi connectivity index (χ3n) is 2.97. The lowest BCUT2D eigenvalue weighted by Crippen LogP contribution is -2.35. The molecule has 0 aromatic heterocycles. The largest absolute Gasteiger partial charge is 0.369 e. The second-order valence-electron chi connectivity index (χ2n) is 5.63. The number of hydrogen-bond donors (Lipinski definition) is 1. The van der Waals surface area contributed by atoms with Crippen LogP contribution in [0.1, 0.15) is 46.2 Å². The molecule has 1 aromatic rings. The van der Waals surface area contributed by atoms with E-state index in [2.05, 4.69) is 32.6 Å². The minimum absolute atomic E-state index is 0.163. The molecule has 1 aromatic carbocycles. The van der Waals surface area contributed by atoms with E-state index >= 15 is 0 Å². The Kier molecular flexibility index (Phi) is 5.15. The van der Waals surface area contributed by atoms with Crippen molar-refractivity contribution in [2.45, 2.75) is 46.7 Å². The first-order valence-corrected chi connectivity index (χ1v) is 6.64. The Morgan fingerprint density at radius 1 is 1.17 bits per heavy atom. The maximum atomic E-state index is 13.4. The molecule has 1 atom stereocenters. The van der Waals surface area contributed by atoms with Crippen molar-refractivity contribution in [3.63, 3.8) is 0 Å². The van der Waals surface area contributed by atoms with Crippen LogP contribution in [0.2, 0.25) is 0 Å². The molecule has 0 spiro atoms. The van der Waals surface area contributed by atoms with Gasteiger partial charge in [0.1, 0.15) is 5.82 Å². The summed E-state index contributed by atoms with van der Waals surface area (Å²) in [6.45, 7) is 11.5. The van der Waals surface area contributed by atoms with Crippen molar-refractivity contribution >= 4 is 5.69 Å². The van der Waals surface area contributed by atoms with Crippen LogP contribution in [-0.2, 0) is 0 Å². The SMILES string of the molecule is CC(C)CN(c1ccc(F)cc1C(C)N)C(C)C. The Morgan fingerprint density at radius 2 is 1.78 bits per heavy atom. The summed E-state index contributed by atoms with van der Waals surface area (Å²) in [5, 5.41) is 0. The van der Waals surface area contributed by atoms with Gasteiger partial charge in [-0.25, -0.2) is 4.39 Å². The predicted molar refractivity (Wildman–Crippen MR) is 76.3 cm³/mol. The highest BCUT2D eigenvalue weighted by Gasteiger charge is 2.18. The zero-order valence-electron chi connectivity index (χ0n) is 12.1. The topological polar surface area (TPSA) is 29.3 Å². The molecule has 0 radical (unpaired) electrons. The van der Waals surface area contributed by atoms with Gasteiger partial charge in [0.2, 0.25) is 0 Å². The lowest BCUT2D eigenvalue weighted by atomic mass is 10.0. The van der Waals surface area contributed by atoms with E-state index in [0.29, 0.717) is 12.0 Å². The van der Waals surface area contributed by atoms with Crippen LogP contribution in [0, 0.1) is 11.7 Å². The van der Waals surface area contributed by atoms with E-state index in [1.54, 1.807) is 6.07 Å². The molecule has 0 aliphatic heterocycles. The van der Waals surface area contributed by atoms with Crippen molar-refractivity contribution < 1.29 is 4.39 Å². The first-order chi connectivity index (χ1) is 8.32. The van der Waals surface area contributed by atoms with E-state index < -0.39 is 0 Å². The summed E-state index contributed by atoms with van der Waals surface area (Å²) in [6, 6.07) is 5.11. The van der Waals surface area contributed by atoms with Crippen LogP contribution in [0.4, 0.5) is 10.1 Å². The molecule has 0 aliphatic rings. The molecule has 0 heterocycles. The molecule has 0 bridgehead atoms. The molecule has 1 rings (SSSR count). The van der Waals surface area contributed by atoms with Gasteiger partial charge in [-0.2, -0.15) is 0 Å². The fraction of sp³-hybridized carbons (Fsp3) is 0.600. The molecular formula is C15H25FN2. The fourth-order valence-electron chi connectivity index (χ4n) is 2.13. The van der Waals surface area contributed by atoms with Gasteiger partial charge < -0.3 is 10.6 Å². The lowest BCUT2D eigenvalue weighted by Gasteiger charge is -2.33. The third-order valence-corrected chi connectivity index (χ3v) is 2.97. The summed E-state index contributed by atoms with van der Waals surface area (Å²) >= 11 is 0. The molecule has 0 aliphatic carbocycles. The maximum absolute atomic E-state index is 13.4. The second kappa shape index (κ2) is 6.19. The molecule has 3 heteroatoms. The standard InChI is InChI=1S/C15H25FN2/c1-10(2)9-18(11(3)4)15-7-6-13(16)8-14(15)12(5)17/h6-8,10-12H,9,17H2,1-5H3. The number of anilines is 1. The number of nitrogens with zero attached hydrogens (tertiary/aromatic N) is 1. The van der Waals surface area contributed by atoms with Crippen molar-refractivity contribution in [3.8, 4) is 0 Å². The van der Waals surface area contributed by atoms with Crippen molar-refractivity contribution in [1.29, 1.82) is 0 Å². The van der Waals surface area contributed by atoms with Crippen LogP contribution < -0.4 is 10.6 Å². The van der Waals surface area contributed by atoms with Crippen molar-refractivity contribution in [1.82, 2.24) is 0 Å². The van der Waals surface area contributed by atoms with E-state index in [-0.39, 0.29) is 11.9 Å². The Labute approximate surface area is 110 Å². The lowest BCUT2D eigenvalue weighted by molar-refractivity contribution is 0.565. The summed E-state index contributed by atoms with van der Waals surface area (Å²) in [5.41, 5.74) is 7.89. The van der Waals surface area contributed by atoms with Crippen molar-refractivity contribution in [2.24, 2.45) is 11.7 Å². The maximum Gasteiger partial charge on any atom is 0.123 e. The van der Waals surface area contributed by atoms with Crippen LogP contribution in [0.15, 0.2) is 18.2 Å². The van der Waals surface area contributed by atoms with Gasteiger partial charge >= 0.3 is 0 Å². The quantitative estimate of drug-likeness (QED) is 0.865. The van der Waals surface area contributed by atoms with Gasteiger partial charge in [-0.1, -0.05) is 13.8 Å². The summed E-state index contributed by atoms with van der Waals surface area (Å²) in [6.07, 6.45) is 0. The van der Waals surface area contributed by atoms with Gasteiger partial charge in [0.25, 0.3) is 0 Å². The van der Waals surface area contributed by atoms with Gasteiger partial charge in [0, 0.05) is 24.3 Å². The van der Waals surface area contributed by atoms with Crippen LogP contribution in [0.5, 0.6) is 0 Å². The zero-order valence-corrected chi connectivity index (χ0v) is 12.1. The van der Waals surface area contributed by atoms with Crippen LogP contribution in [0.25, 0.3) is 0 Å². The molecular weight excluding hydrogens is 227 g/mol. The van der Waals surface area contributed by atoms with Gasteiger partial charge in [0.05, 0.1) is 0 Å². The molecule has 0 fully saturated rings. The molecule has 2 N–H and O–H groups in total. The summed E-state index contributed by atoms with van der Waals surface area (Å²) in [5.74, 6) is 0.331. The predicted octanol–water partition coefficient (Wildman–Crippen LogP) is 3.72. The van der Waals surface area contributed by atoms with E-state index in [1.165, 1.54) is 6.07 Å². The van der Waals surface area contributed by atoms with E-state index in [1.807, 2.05) is 13.0 Å². The van der Waals surface area contributed by atoms with E-state index in [4.69, 9.17) is 5.73 Å². The molecule has 0 amide bonds. The van der Waals surface area contributed by atoms with Crippen LogP contribution in [0.3, 0.4) is 0 Å². The highest BCUT2D eigenvalue weighted by Crippen LogP contribution is 2.28. The normalized spacial score (nSPS) is 13.2. The van der Waals surface area contributed by atoms with E-state index in [0.717, 1.165) is 17.8 Å². The first-order valence-electron chi connectivity index (χ1n) is 6.64. The average molecular weight is 252 g/mol. The molecule has 0 saturated heterocycles. The van der Waals surface area contributed by atoms with Crippen molar-refractivity contribution in [2.75, 3.05) is 11.4 Å². The summed E-state index contributed by atoms with van der Waals surface area (Å²) < 4.78 is 13.4. The minimum atomic E-state index is -0.223. The minimum Gasteiger partial charge on any atom is -0.369 e. The smallest absolute Gasteiger partial charge is 0.123 e. The third kappa shape index (κ3) is 3.70.